The van der Waals surface area contributed by atoms with Crippen LogP contribution < -0.4 is 0 Å². The number of nitrogens with zero attached hydrogens (tertiary/aromatic N) is 3. The van der Waals surface area contributed by atoms with Crippen molar-refractivity contribution in [3.8, 4) is 16.9 Å². The van der Waals surface area contributed by atoms with Gasteiger partial charge in [-0.15, -0.1) is 0 Å². The Hall–Kier alpha value is -2.70. The molecule has 4 nitrogen and oxygen atoms in total. The normalized spacial score (nSPS) is 15.6. The first kappa shape index (κ1) is 18.7. The Kier molecular flexibility index (Phi) is 5.41. The average Bonchev–Trinajstić information content (AvgIpc) is 3.26. The van der Waals surface area contributed by atoms with E-state index in [0.717, 1.165) is 28.9 Å². The van der Waals surface area contributed by atoms with Gasteiger partial charge in [-0.2, -0.15) is 5.10 Å². The smallest absolute Gasteiger partial charge is 0.266 e. The van der Waals surface area contributed by atoms with Gasteiger partial charge >= 0.3 is 0 Å². The van der Waals surface area contributed by atoms with Crippen LogP contribution in [0.2, 0.25) is 0 Å². The lowest BCUT2D eigenvalue weighted by Crippen LogP contribution is -2.28. The summed E-state index contributed by atoms with van der Waals surface area (Å²) in [6.45, 7) is 2.69. The fourth-order valence-corrected chi connectivity index (χ4v) is 4.38. The third-order valence-electron chi connectivity index (χ3n) is 4.42. The number of amides is 1. The molecule has 0 unspecified atom stereocenters. The molecule has 4 rings (SSSR count). The number of benzene rings is 2. The average molecular weight is 406 g/mol. The van der Waals surface area contributed by atoms with Crippen molar-refractivity contribution < 1.29 is 4.79 Å². The van der Waals surface area contributed by atoms with Crippen molar-refractivity contribution in [1.82, 2.24) is 14.7 Å². The maximum Gasteiger partial charge on any atom is 0.266 e. The molecule has 3 aromatic rings. The van der Waals surface area contributed by atoms with E-state index in [1.54, 1.807) is 4.90 Å². The van der Waals surface area contributed by atoms with Gasteiger partial charge in [-0.3, -0.25) is 9.69 Å². The van der Waals surface area contributed by atoms with E-state index in [-0.39, 0.29) is 5.91 Å². The summed E-state index contributed by atoms with van der Waals surface area (Å²) in [5.74, 6) is -0.0247. The van der Waals surface area contributed by atoms with Crippen LogP contribution in [0, 0.1) is 0 Å². The highest BCUT2D eigenvalue weighted by molar-refractivity contribution is 8.26. The van der Waals surface area contributed by atoms with Crippen LogP contribution in [-0.2, 0) is 4.79 Å². The molecule has 1 amide bonds. The quantitative estimate of drug-likeness (QED) is 0.435. The zero-order valence-electron chi connectivity index (χ0n) is 15.4. The van der Waals surface area contributed by atoms with Crippen LogP contribution in [0.5, 0.6) is 0 Å². The van der Waals surface area contributed by atoms with Gasteiger partial charge in [0.15, 0.2) is 0 Å². The lowest BCUT2D eigenvalue weighted by atomic mass is 10.1. The number of thioether (sulfide) groups is 1. The maximum atomic E-state index is 12.8. The number of aromatic nitrogens is 2. The predicted molar refractivity (Wildman–Crippen MR) is 119 cm³/mol. The first-order valence-electron chi connectivity index (χ1n) is 9.13. The highest BCUT2D eigenvalue weighted by Gasteiger charge is 2.31. The SMILES string of the molecule is CCCN1C(=O)C(=Cc2cn(-c3ccccc3)nc2-c2ccccc2)SC1=S. The molecule has 1 aromatic heterocycles. The van der Waals surface area contributed by atoms with Gasteiger partial charge in [0, 0.05) is 23.9 Å². The lowest BCUT2D eigenvalue weighted by Gasteiger charge is -2.11. The van der Waals surface area contributed by atoms with Crippen molar-refractivity contribution in [2.45, 2.75) is 13.3 Å². The minimum Gasteiger partial charge on any atom is -0.293 e. The first-order valence-corrected chi connectivity index (χ1v) is 10.4. The molecule has 1 saturated heterocycles. The number of rotatable bonds is 5. The maximum absolute atomic E-state index is 12.8. The molecule has 28 heavy (non-hydrogen) atoms. The van der Waals surface area contributed by atoms with Crippen molar-refractivity contribution in [3.05, 3.63) is 77.3 Å². The third-order valence-corrected chi connectivity index (χ3v) is 5.80. The summed E-state index contributed by atoms with van der Waals surface area (Å²) in [6.07, 6.45) is 4.74. The molecule has 2 heterocycles. The van der Waals surface area contributed by atoms with E-state index in [1.165, 1.54) is 11.8 Å². The van der Waals surface area contributed by atoms with Crippen molar-refractivity contribution >= 4 is 40.3 Å². The van der Waals surface area contributed by atoms with E-state index in [9.17, 15) is 4.79 Å². The first-order chi connectivity index (χ1) is 13.7. The third kappa shape index (κ3) is 3.66. The van der Waals surface area contributed by atoms with Gasteiger partial charge in [0.05, 0.1) is 16.3 Å². The molecule has 0 N–H and O–H groups in total. The van der Waals surface area contributed by atoms with Gasteiger partial charge < -0.3 is 0 Å². The van der Waals surface area contributed by atoms with E-state index in [4.69, 9.17) is 17.3 Å². The summed E-state index contributed by atoms with van der Waals surface area (Å²) < 4.78 is 2.47. The lowest BCUT2D eigenvalue weighted by molar-refractivity contribution is -0.122. The second-order valence-corrected chi connectivity index (χ2v) is 8.09. The molecule has 0 atom stereocenters. The van der Waals surface area contributed by atoms with Crippen LogP contribution >= 0.6 is 24.0 Å². The van der Waals surface area contributed by atoms with Crippen LogP contribution in [-0.4, -0.2) is 31.5 Å². The fourth-order valence-electron chi connectivity index (χ4n) is 3.08. The minimum atomic E-state index is -0.0247. The summed E-state index contributed by atoms with van der Waals surface area (Å²) in [5.41, 5.74) is 3.71. The molecule has 1 aliphatic rings. The molecular weight excluding hydrogens is 386 g/mol. The fraction of sp³-hybridized carbons (Fsp3) is 0.136. The molecule has 2 aromatic carbocycles. The standard InChI is InChI=1S/C22H19N3OS2/c1-2-13-24-21(26)19(28-22(24)27)14-17-15-25(18-11-7-4-8-12-18)23-20(17)16-9-5-3-6-10-16/h3-12,14-15H,2,13H2,1H3. The van der Waals surface area contributed by atoms with Gasteiger partial charge in [0.1, 0.15) is 4.32 Å². The molecule has 0 saturated carbocycles. The molecule has 0 aliphatic carbocycles. The van der Waals surface area contributed by atoms with E-state index in [0.29, 0.717) is 15.8 Å². The monoisotopic (exact) mass is 405 g/mol. The molecule has 0 spiro atoms. The molecule has 1 fully saturated rings. The van der Waals surface area contributed by atoms with Crippen LogP contribution in [0.3, 0.4) is 0 Å². The minimum absolute atomic E-state index is 0.0247. The number of thiocarbonyl (C=S) groups is 1. The van der Waals surface area contributed by atoms with Crippen molar-refractivity contribution in [3.63, 3.8) is 0 Å². The van der Waals surface area contributed by atoms with Crippen molar-refractivity contribution in [1.29, 1.82) is 0 Å². The molecule has 1 aliphatic heterocycles. The van der Waals surface area contributed by atoms with Crippen molar-refractivity contribution in [2.24, 2.45) is 0 Å². The zero-order chi connectivity index (χ0) is 19.5. The zero-order valence-corrected chi connectivity index (χ0v) is 17.0. The second kappa shape index (κ2) is 8.12. The number of carbonyl (C=O) groups excluding carboxylic acids is 1. The molecule has 140 valence electrons. The molecule has 0 radical (unpaired) electrons. The highest BCUT2D eigenvalue weighted by atomic mass is 32.2. The van der Waals surface area contributed by atoms with Gasteiger partial charge in [0.2, 0.25) is 0 Å². The van der Waals surface area contributed by atoms with Crippen LogP contribution in [0.4, 0.5) is 0 Å². The summed E-state index contributed by atoms with van der Waals surface area (Å²) in [4.78, 5) is 15.1. The Labute approximate surface area is 173 Å². The Morgan fingerprint density at radius 2 is 1.75 bits per heavy atom. The number of hydrogen-bond donors (Lipinski definition) is 0. The van der Waals surface area contributed by atoms with Gasteiger partial charge in [0.25, 0.3) is 5.91 Å². The van der Waals surface area contributed by atoms with Gasteiger partial charge in [-0.05, 0) is 24.6 Å². The Bertz CT molecular complexity index is 1040. The molecular formula is C22H19N3OS2. The van der Waals surface area contributed by atoms with Crippen LogP contribution in [0.25, 0.3) is 23.0 Å². The van der Waals surface area contributed by atoms with E-state index >= 15 is 0 Å². The largest absolute Gasteiger partial charge is 0.293 e. The molecule has 0 bridgehead atoms. The summed E-state index contributed by atoms with van der Waals surface area (Å²) >= 11 is 6.75. The summed E-state index contributed by atoms with van der Waals surface area (Å²) in [5, 5.41) is 4.80. The summed E-state index contributed by atoms with van der Waals surface area (Å²) in [6, 6.07) is 20.0. The van der Waals surface area contributed by atoms with Crippen LogP contribution in [0.15, 0.2) is 71.8 Å². The highest BCUT2D eigenvalue weighted by Crippen LogP contribution is 2.34. The van der Waals surface area contributed by atoms with E-state index in [1.807, 2.05) is 84.5 Å². The number of hydrogen-bond acceptors (Lipinski definition) is 4. The van der Waals surface area contributed by atoms with Gasteiger partial charge in [-0.1, -0.05) is 79.4 Å². The number of para-hydroxylation sites is 1. The van der Waals surface area contributed by atoms with Gasteiger partial charge in [-0.25, -0.2) is 4.68 Å². The summed E-state index contributed by atoms with van der Waals surface area (Å²) in [7, 11) is 0. The van der Waals surface area contributed by atoms with Crippen molar-refractivity contribution in [2.75, 3.05) is 6.54 Å². The number of carbonyl (C=O) groups is 1. The Morgan fingerprint density at radius 1 is 1.07 bits per heavy atom. The molecule has 6 heteroatoms. The van der Waals surface area contributed by atoms with Crippen LogP contribution in [0.1, 0.15) is 18.9 Å². The van der Waals surface area contributed by atoms with E-state index in [2.05, 4.69) is 0 Å². The predicted octanol–water partition coefficient (Wildman–Crippen LogP) is 5.15. The Morgan fingerprint density at radius 3 is 2.43 bits per heavy atom. The second-order valence-electron chi connectivity index (χ2n) is 6.41. The van der Waals surface area contributed by atoms with E-state index < -0.39 is 0 Å². The topological polar surface area (TPSA) is 38.1 Å². The Balaban J connectivity index is 1.79.